The molecule has 4 rings (SSSR count). The van der Waals surface area contributed by atoms with Crippen LogP contribution in [0.1, 0.15) is 36.8 Å². The first-order chi connectivity index (χ1) is 13.1. The van der Waals surface area contributed by atoms with Crippen molar-refractivity contribution in [2.45, 2.75) is 46.1 Å². The van der Waals surface area contributed by atoms with E-state index in [1.807, 2.05) is 23.1 Å². The number of hydrogen-bond donors (Lipinski definition) is 0. The van der Waals surface area contributed by atoms with Gasteiger partial charge in [-0.05, 0) is 44.4 Å². The third kappa shape index (κ3) is 3.61. The van der Waals surface area contributed by atoms with Gasteiger partial charge in [-0.1, -0.05) is 48.7 Å². The lowest BCUT2D eigenvalue weighted by Gasteiger charge is -2.21. The van der Waals surface area contributed by atoms with Gasteiger partial charge in [-0.25, -0.2) is 4.98 Å². The number of likely N-dealkylation sites (tertiary alicyclic amines) is 1. The predicted molar refractivity (Wildman–Crippen MR) is 110 cm³/mol. The zero-order valence-electron chi connectivity index (χ0n) is 16.2. The zero-order chi connectivity index (χ0) is 18.8. The van der Waals surface area contributed by atoms with Crippen molar-refractivity contribution in [1.29, 1.82) is 0 Å². The Balaban J connectivity index is 1.75. The van der Waals surface area contributed by atoms with Crippen molar-refractivity contribution in [1.82, 2.24) is 14.5 Å². The molecule has 0 atom stereocenters. The smallest absolute Gasteiger partial charge is 0.242 e. The normalized spacial score (nSPS) is 15.1. The summed E-state index contributed by atoms with van der Waals surface area (Å²) in [5, 5.41) is 0. The summed E-state index contributed by atoms with van der Waals surface area (Å²) in [6.07, 6.45) is 4.68. The van der Waals surface area contributed by atoms with Gasteiger partial charge in [0.15, 0.2) is 0 Å². The van der Waals surface area contributed by atoms with Gasteiger partial charge in [-0.3, -0.25) is 4.79 Å². The summed E-state index contributed by atoms with van der Waals surface area (Å²) in [6, 6.07) is 14.5. The van der Waals surface area contributed by atoms with Crippen LogP contribution in [0.5, 0.6) is 0 Å². The molecule has 0 spiro atoms. The highest BCUT2D eigenvalue weighted by Crippen LogP contribution is 2.28. The van der Waals surface area contributed by atoms with E-state index in [2.05, 4.69) is 42.7 Å². The topological polar surface area (TPSA) is 38.1 Å². The number of aryl methyl sites for hydroxylation is 2. The minimum Gasteiger partial charge on any atom is -0.341 e. The second-order valence-electron chi connectivity index (χ2n) is 7.62. The maximum Gasteiger partial charge on any atom is 0.242 e. The molecule has 4 nitrogen and oxygen atoms in total. The van der Waals surface area contributed by atoms with E-state index >= 15 is 0 Å². The van der Waals surface area contributed by atoms with Gasteiger partial charge in [-0.15, -0.1) is 0 Å². The number of carbonyl (C=O) groups excluding carboxylic acids is 1. The van der Waals surface area contributed by atoms with Crippen molar-refractivity contribution < 1.29 is 4.79 Å². The first kappa shape index (κ1) is 17.8. The molecule has 0 unspecified atom stereocenters. The van der Waals surface area contributed by atoms with Crippen LogP contribution in [0.2, 0.25) is 0 Å². The third-order valence-electron chi connectivity index (χ3n) is 5.53. The van der Waals surface area contributed by atoms with Gasteiger partial charge in [0, 0.05) is 18.7 Å². The van der Waals surface area contributed by atoms with Crippen LogP contribution < -0.4 is 0 Å². The van der Waals surface area contributed by atoms with Crippen LogP contribution in [0.25, 0.3) is 22.4 Å². The lowest BCUT2D eigenvalue weighted by molar-refractivity contribution is -0.131. The molecule has 140 valence electrons. The first-order valence-corrected chi connectivity index (χ1v) is 9.94. The molecule has 0 saturated carbocycles. The highest BCUT2D eigenvalue weighted by molar-refractivity contribution is 5.85. The van der Waals surface area contributed by atoms with Crippen molar-refractivity contribution in [3.05, 3.63) is 53.6 Å². The molecule has 1 aliphatic heterocycles. The molecule has 1 saturated heterocycles. The van der Waals surface area contributed by atoms with E-state index in [0.29, 0.717) is 6.54 Å². The molecule has 1 fully saturated rings. The van der Waals surface area contributed by atoms with Crippen LogP contribution in [0.15, 0.2) is 42.5 Å². The second kappa shape index (κ2) is 7.55. The molecule has 0 radical (unpaired) electrons. The number of amides is 1. The average Bonchev–Trinajstić information content (AvgIpc) is 2.83. The van der Waals surface area contributed by atoms with E-state index in [0.717, 1.165) is 48.4 Å². The van der Waals surface area contributed by atoms with Crippen LogP contribution in [0.4, 0.5) is 0 Å². The molecule has 1 aliphatic rings. The lowest BCUT2D eigenvalue weighted by atomic mass is 10.1. The maximum atomic E-state index is 13.1. The summed E-state index contributed by atoms with van der Waals surface area (Å²) < 4.78 is 2.10. The van der Waals surface area contributed by atoms with Gasteiger partial charge in [0.25, 0.3) is 0 Å². The SMILES string of the molecule is Cc1ccc(-c2nc3ccccc3n2CC(=O)N2CCCCCC2)c(C)c1. The van der Waals surface area contributed by atoms with Gasteiger partial charge in [-0.2, -0.15) is 0 Å². The van der Waals surface area contributed by atoms with Crippen LogP contribution >= 0.6 is 0 Å². The van der Waals surface area contributed by atoms with E-state index < -0.39 is 0 Å². The molecule has 0 N–H and O–H groups in total. The van der Waals surface area contributed by atoms with Gasteiger partial charge < -0.3 is 9.47 Å². The number of para-hydroxylation sites is 2. The lowest BCUT2D eigenvalue weighted by Crippen LogP contribution is -2.34. The van der Waals surface area contributed by atoms with Crippen LogP contribution in [0, 0.1) is 13.8 Å². The Morgan fingerprint density at radius 1 is 1.00 bits per heavy atom. The number of imidazole rings is 1. The highest BCUT2D eigenvalue weighted by Gasteiger charge is 2.20. The Morgan fingerprint density at radius 2 is 1.74 bits per heavy atom. The molecule has 3 aromatic rings. The van der Waals surface area contributed by atoms with Crippen molar-refractivity contribution in [3.63, 3.8) is 0 Å². The molecule has 27 heavy (non-hydrogen) atoms. The largest absolute Gasteiger partial charge is 0.341 e. The van der Waals surface area contributed by atoms with E-state index in [1.165, 1.54) is 24.0 Å². The van der Waals surface area contributed by atoms with Crippen LogP contribution in [-0.4, -0.2) is 33.4 Å². The Bertz CT molecular complexity index is 965. The fourth-order valence-corrected chi connectivity index (χ4v) is 4.06. The third-order valence-corrected chi connectivity index (χ3v) is 5.53. The predicted octanol–water partition coefficient (Wildman–Crippen LogP) is 4.72. The number of aromatic nitrogens is 2. The standard InChI is InChI=1S/C23H27N3O/c1-17-11-12-19(18(2)15-17)23-24-20-9-5-6-10-21(20)26(23)16-22(27)25-13-7-3-4-8-14-25/h5-6,9-12,15H,3-4,7-8,13-14,16H2,1-2H3. The van der Waals surface area contributed by atoms with Gasteiger partial charge in [0.2, 0.25) is 5.91 Å². The molecule has 2 aromatic carbocycles. The molecule has 0 aliphatic carbocycles. The monoisotopic (exact) mass is 361 g/mol. The minimum absolute atomic E-state index is 0.200. The van der Waals surface area contributed by atoms with Crippen molar-refractivity contribution >= 4 is 16.9 Å². The van der Waals surface area contributed by atoms with E-state index in [-0.39, 0.29) is 5.91 Å². The van der Waals surface area contributed by atoms with E-state index in [9.17, 15) is 4.79 Å². The average molecular weight is 361 g/mol. The highest BCUT2D eigenvalue weighted by atomic mass is 16.2. The zero-order valence-corrected chi connectivity index (χ0v) is 16.2. The number of fused-ring (bicyclic) bond motifs is 1. The molecular weight excluding hydrogens is 334 g/mol. The Hall–Kier alpha value is -2.62. The van der Waals surface area contributed by atoms with Crippen molar-refractivity contribution in [3.8, 4) is 11.4 Å². The summed E-state index contributed by atoms with van der Waals surface area (Å²) >= 11 is 0. The van der Waals surface area contributed by atoms with Crippen LogP contribution in [-0.2, 0) is 11.3 Å². The summed E-state index contributed by atoms with van der Waals surface area (Å²) in [5.74, 6) is 1.09. The minimum atomic E-state index is 0.200. The van der Waals surface area contributed by atoms with Crippen LogP contribution in [0.3, 0.4) is 0 Å². The molecule has 4 heteroatoms. The van der Waals surface area contributed by atoms with Crippen molar-refractivity contribution in [2.75, 3.05) is 13.1 Å². The first-order valence-electron chi connectivity index (χ1n) is 9.94. The number of carbonyl (C=O) groups is 1. The Labute approximate surface area is 160 Å². The summed E-state index contributed by atoms with van der Waals surface area (Å²) in [6.45, 7) is 6.32. The molecule has 2 heterocycles. The number of nitrogens with zero attached hydrogens (tertiary/aromatic N) is 3. The Morgan fingerprint density at radius 3 is 2.48 bits per heavy atom. The number of rotatable bonds is 3. The maximum absolute atomic E-state index is 13.1. The quantitative estimate of drug-likeness (QED) is 0.677. The summed E-state index contributed by atoms with van der Waals surface area (Å²) in [7, 11) is 0. The van der Waals surface area contributed by atoms with Gasteiger partial charge in [0.1, 0.15) is 12.4 Å². The van der Waals surface area contributed by atoms with Crippen molar-refractivity contribution in [2.24, 2.45) is 0 Å². The van der Waals surface area contributed by atoms with E-state index in [1.54, 1.807) is 0 Å². The Kier molecular flexibility index (Phi) is 4.97. The van der Waals surface area contributed by atoms with Gasteiger partial charge in [0.05, 0.1) is 11.0 Å². The fourth-order valence-electron chi connectivity index (χ4n) is 4.06. The number of benzene rings is 2. The molecular formula is C23H27N3O. The second-order valence-corrected chi connectivity index (χ2v) is 7.62. The fraction of sp³-hybridized carbons (Fsp3) is 0.391. The van der Waals surface area contributed by atoms with E-state index in [4.69, 9.17) is 4.98 Å². The molecule has 0 bridgehead atoms. The molecule has 1 aromatic heterocycles. The number of hydrogen-bond acceptors (Lipinski definition) is 2. The summed E-state index contributed by atoms with van der Waals surface area (Å²) in [4.78, 5) is 20.0. The van der Waals surface area contributed by atoms with Gasteiger partial charge >= 0.3 is 0 Å². The molecule has 1 amide bonds. The summed E-state index contributed by atoms with van der Waals surface area (Å²) in [5.41, 5.74) is 5.49.